The third-order valence-corrected chi connectivity index (χ3v) is 4.99. The summed E-state index contributed by atoms with van der Waals surface area (Å²) in [6, 6.07) is 0. The van der Waals surface area contributed by atoms with Crippen LogP contribution in [0.15, 0.2) is 24.3 Å². The van der Waals surface area contributed by atoms with Crippen LogP contribution in [0.4, 0.5) is 5.00 Å². The molecule has 0 aliphatic heterocycles. The predicted octanol–water partition coefficient (Wildman–Crippen LogP) is 3.42. The molecular formula is C19H23NO5S. The van der Waals surface area contributed by atoms with Crippen LogP contribution in [-0.4, -0.2) is 31.1 Å². The van der Waals surface area contributed by atoms with Gasteiger partial charge in [-0.05, 0) is 45.1 Å². The molecule has 1 N–H and O–H groups in total. The van der Waals surface area contributed by atoms with Gasteiger partial charge in [0, 0.05) is 11.0 Å². The normalized spacial score (nSPS) is 13.6. The number of nitrogens with one attached hydrogen (secondary N) is 1. The lowest BCUT2D eigenvalue weighted by Crippen LogP contribution is -2.21. The smallest absolute Gasteiger partial charge is 0.341 e. The second-order valence-electron chi connectivity index (χ2n) is 5.68. The lowest BCUT2D eigenvalue weighted by Gasteiger charge is -2.12. The average molecular weight is 377 g/mol. The number of amides is 1. The highest BCUT2D eigenvalue weighted by atomic mass is 32.1. The summed E-state index contributed by atoms with van der Waals surface area (Å²) in [4.78, 5) is 37.1. The van der Waals surface area contributed by atoms with Crippen molar-refractivity contribution in [3.05, 3.63) is 40.3 Å². The molecule has 6 nitrogen and oxygen atoms in total. The molecule has 0 unspecified atom stereocenters. The quantitative estimate of drug-likeness (QED) is 0.447. The molecule has 0 spiro atoms. The van der Waals surface area contributed by atoms with Crippen LogP contribution in [0.25, 0.3) is 0 Å². The number of fused-ring (bicyclic) bond motifs is 1. The van der Waals surface area contributed by atoms with Gasteiger partial charge < -0.3 is 14.8 Å². The highest BCUT2D eigenvalue weighted by molar-refractivity contribution is 7.17. The van der Waals surface area contributed by atoms with E-state index in [2.05, 4.69) is 5.32 Å². The molecular weight excluding hydrogens is 354 g/mol. The SMILES string of the molecule is C/C=C/C=C/C(=O)OCC(=O)Nc1sc2c(c1C(=O)OCC)CCCC2. The maximum absolute atomic E-state index is 12.3. The first-order valence-electron chi connectivity index (χ1n) is 8.64. The Morgan fingerprint density at radius 3 is 2.65 bits per heavy atom. The van der Waals surface area contributed by atoms with Gasteiger partial charge in [-0.15, -0.1) is 11.3 Å². The summed E-state index contributed by atoms with van der Waals surface area (Å²) >= 11 is 1.40. The highest BCUT2D eigenvalue weighted by Crippen LogP contribution is 2.38. The summed E-state index contributed by atoms with van der Waals surface area (Å²) in [5.74, 6) is -1.51. The number of rotatable bonds is 7. The van der Waals surface area contributed by atoms with Gasteiger partial charge in [-0.2, -0.15) is 0 Å². The molecule has 1 aliphatic carbocycles. The molecule has 140 valence electrons. The Kier molecular flexibility index (Phi) is 7.59. The van der Waals surface area contributed by atoms with Crippen LogP contribution in [0.2, 0.25) is 0 Å². The van der Waals surface area contributed by atoms with E-state index in [9.17, 15) is 14.4 Å². The number of esters is 2. The van der Waals surface area contributed by atoms with Gasteiger partial charge in [0.15, 0.2) is 6.61 Å². The zero-order valence-corrected chi connectivity index (χ0v) is 15.8. The molecule has 0 saturated carbocycles. The molecule has 0 saturated heterocycles. The number of carbonyl (C=O) groups is 3. The van der Waals surface area contributed by atoms with Crippen LogP contribution < -0.4 is 5.32 Å². The predicted molar refractivity (Wildman–Crippen MR) is 100 cm³/mol. The molecule has 1 heterocycles. The minimum absolute atomic E-state index is 0.271. The molecule has 1 aliphatic rings. The second kappa shape index (κ2) is 9.91. The van der Waals surface area contributed by atoms with E-state index < -0.39 is 24.5 Å². The van der Waals surface area contributed by atoms with E-state index in [1.165, 1.54) is 23.5 Å². The van der Waals surface area contributed by atoms with Crippen molar-refractivity contribution in [3.8, 4) is 0 Å². The van der Waals surface area contributed by atoms with Crippen LogP contribution in [0.3, 0.4) is 0 Å². The van der Waals surface area contributed by atoms with Gasteiger partial charge in [-0.3, -0.25) is 4.79 Å². The van der Waals surface area contributed by atoms with Gasteiger partial charge in [0.05, 0.1) is 12.2 Å². The Hall–Kier alpha value is -2.41. The first kappa shape index (κ1) is 19.9. The van der Waals surface area contributed by atoms with Gasteiger partial charge >= 0.3 is 11.9 Å². The first-order valence-corrected chi connectivity index (χ1v) is 9.46. The van der Waals surface area contributed by atoms with Crippen LogP contribution in [0.1, 0.15) is 47.5 Å². The number of thiophene rings is 1. The Labute approximate surface area is 156 Å². The molecule has 0 atom stereocenters. The van der Waals surface area contributed by atoms with Gasteiger partial charge in [0.25, 0.3) is 5.91 Å². The van der Waals surface area contributed by atoms with Crippen molar-refractivity contribution in [2.24, 2.45) is 0 Å². The summed E-state index contributed by atoms with van der Waals surface area (Å²) < 4.78 is 10.0. The van der Waals surface area contributed by atoms with E-state index in [0.29, 0.717) is 10.6 Å². The fraction of sp³-hybridized carbons (Fsp3) is 0.421. The van der Waals surface area contributed by atoms with Crippen LogP contribution in [0, 0.1) is 0 Å². The minimum Gasteiger partial charge on any atom is -0.462 e. The lowest BCUT2D eigenvalue weighted by atomic mass is 9.95. The molecule has 0 fully saturated rings. The number of aryl methyl sites for hydroxylation is 1. The van der Waals surface area contributed by atoms with Crippen molar-refractivity contribution in [2.75, 3.05) is 18.5 Å². The number of hydrogen-bond donors (Lipinski definition) is 1. The fourth-order valence-corrected chi connectivity index (χ4v) is 3.96. The summed E-state index contributed by atoms with van der Waals surface area (Å²) in [5, 5.41) is 3.17. The van der Waals surface area contributed by atoms with E-state index in [0.717, 1.165) is 36.1 Å². The largest absolute Gasteiger partial charge is 0.462 e. The van der Waals surface area contributed by atoms with Crippen molar-refractivity contribution in [1.29, 1.82) is 0 Å². The van der Waals surface area contributed by atoms with Crippen molar-refractivity contribution in [2.45, 2.75) is 39.5 Å². The Bertz CT molecular complexity index is 733. The molecule has 1 amide bonds. The molecule has 1 aromatic heterocycles. The maximum Gasteiger partial charge on any atom is 0.341 e. The third kappa shape index (κ3) is 5.29. The van der Waals surface area contributed by atoms with Crippen molar-refractivity contribution in [3.63, 3.8) is 0 Å². The standard InChI is InChI=1S/C19H23NO5S/c1-3-5-6-11-16(22)25-12-15(21)20-18-17(19(23)24-4-2)13-9-7-8-10-14(13)26-18/h3,5-6,11H,4,7-10,12H2,1-2H3,(H,20,21)/b5-3+,11-6+. The van der Waals surface area contributed by atoms with Gasteiger partial charge in [0.1, 0.15) is 5.00 Å². The van der Waals surface area contributed by atoms with Crippen LogP contribution in [0.5, 0.6) is 0 Å². The first-order chi connectivity index (χ1) is 12.6. The molecule has 26 heavy (non-hydrogen) atoms. The molecule has 0 aromatic carbocycles. The second-order valence-corrected chi connectivity index (χ2v) is 6.78. The summed E-state index contributed by atoms with van der Waals surface area (Å²) in [7, 11) is 0. The number of allylic oxidation sites excluding steroid dienone is 3. The molecule has 0 bridgehead atoms. The number of hydrogen-bond acceptors (Lipinski definition) is 6. The van der Waals surface area contributed by atoms with E-state index in [4.69, 9.17) is 9.47 Å². The molecule has 0 radical (unpaired) electrons. The zero-order valence-electron chi connectivity index (χ0n) is 15.0. The van der Waals surface area contributed by atoms with Crippen LogP contribution in [-0.2, 0) is 31.9 Å². The zero-order chi connectivity index (χ0) is 18.9. The average Bonchev–Trinajstić information content (AvgIpc) is 2.98. The fourth-order valence-electron chi connectivity index (χ4n) is 2.67. The number of carbonyl (C=O) groups excluding carboxylic acids is 3. The summed E-state index contributed by atoms with van der Waals surface area (Å²) in [5.41, 5.74) is 1.42. The van der Waals surface area contributed by atoms with Crippen molar-refractivity contribution < 1.29 is 23.9 Å². The Morgan fingerprint density at radius 1 is 1.15 bits per heavy atom. The third-order valence-electron chi connectivity index (χ3n) is 3.79. The van der Waals surface area contributed by atoms with E-state index in [-0.39, 0.29) is 6.61 Å². The van der Waals surface area contributed by atoms with Gasteiger partial charge in [0.2, 0.25) is 0 Å². The summed E-state index contributed by atoms with van der Waals surface area (Å²) in [6.07, 6.45) is 10.0. The number of anilines is 1. The summed E-state index contributed by atoms with van der Waals surface area (Å²) in [6.45, 7) is 3.43. The molecule has 2 rings (SSSR count). The lowest BCUT2D eigenvalue weighted by molar-refractivity contribution is -0.142. The Morgan fingerprint density at radius 2 is 1.92 bits per heavy atom. The Balaban J connectivity index is 2.06. The topological polar surface area (TPSA) is 81.7 Å². The van der Waals surface area contributed by atoms with E-state index >= 15 is 0 Å². The number of ether oxygens (including phenoxy) is 2. The van der Waals surface area contributed by atoms with Crippen LogP contribution >= 0.6 is 11.3 Å². The van der Waals surface area contributed by atoms with Crippen molar-refractivity contribution >= 4 is 34.2 Å². The van der Waals surface area contributed by atoms with E-state index in [1.807, 2.05) is 6.92 Å². The monoisotopic (exact) mass is 377 g/mol. The molecule has 7 heteroatoms. The maximum atomic E-state index is 12.3. The van der Waals surface area contributed by atoms with Crippen molar-refractivity contribution in [1.82, 2.24) is 0 Å². The highest BCUT2D eigenvalue weighted by Gasteiger charge is 2.27. The van der Waals surface area contributed by atoms with Gasteiger partial charge in [-0.1, -0.05) is 18.2 Å². The molecule has 1 aromatic rings. The van der Waals surface area contributed by atoms with E-state index in [1.54, 1.807) is 19.1 Å². The minimum atomic E-state index is -0.602. The van der Waals surface area contributed by atoms with Gasteiger partial charge in [-0.25, -0.2) is 9.59 Å².